The fourth-order valence-electron chi connectivity index (χ4n) is 2.87. The Bertz CT molecular complexity index is 965. The van der Waals surface area contributed by atoms with E-state index in [0.29, 0.717) is 23.1 Å². The average Bonchev–Trinajstić information content (AvgIpc) is 2.66. The number of hydrogen-bond donors (Lipinski definition) is 1. The number of hydrogen-bond acceptors (Lipinski definition) is 5. The Balaban J connectivity index is 2.24. The predicted octanol–water partition coefficient (Wildman–Crippen LogP) is 3.22. The quantitative estimate of drug-likeness (QED) is 0.647. The molecule has 2 rings (SSSR count). The molecule has 0 heterocycles. The molecule has 0 radical (unpaired) electrons. The van der Waals surface area contributed by atoms with Gasteiger partial charge >= 0.3 is 0 Å². The first-order chi connectivity index (χ1) is 13.7. The summed E-state index contributed by atoms with van der Waals surface area (Å²) < 4.78 is 36.7. The molecule has 2 aromatic carbocycles. The molecule has 0 saturated carbocycles. The molecule has 0 unspecified atom stereocenters. The van der Waals surface area contributed by atoms with Gasteiger partial charge in [-0.3, -0.25) is 9.10 Å². The zero-order valence-electron chi connectivity index (χ0n) is 16.8. The number of ether oxygens (including phenoxy) is 2. The molecule has 0 aliphatic carbocycles. The van der Waals surface area contributed by atoms with Crippen molar-refractivity contribution < 1.29 is 22.7 Å². The molecule has 0 bridgehead atoms. The van der Waals surface area contributed by atoms with Gasteiger partial charge in [-0.25, -0.2) is 8.42 Å². The van der Waals surface area contributed by atoms with Crippen molar-refractivity contribution in [2.45, 2.75) is 26.4 Å². The van der Waals surface area contributed by atoms with Gasteiger partial charge in [0, 0.05) is 11.6 Å². The standard InChI is InChI=1S/C20H25ClN2O5S/c1-5-28-17-8-6-7-15(11-17)13-22-20(24)14(2)23(29(4,25)26)18-12-16(21)9-10-19(18)27-3/h6-12,14H,5,13H2,1-4H3,(H,22,24)/t14-/m1/s1. The smallest absolute Gasteiger partial charge is 0.243 e. The van der Waals surface area contributed by atoms with Crippen LogP contribution in [0, 0.1) is 0 Å². The fraction of sp³-hybridized carbons (Fsp3) is 0.350. The minimum absolute atomic E-state index is 0.198. The number of amides is 1. The maximum absolute atomic E-state index is 12.8. The fourth-order valence-corrected chi connectivity index (χ4v) is 4.20. The van der Waals surface area contributed by atoms with Gasteiger partial charge in [-0.2, -0.15) is 0 Å². The summed E-state index contributed by atoms with van der Waals surface area (Å²) in [6.45, 7) is 4.17. The van der Waals surface area contributed by atoms with Gasteiger partial charge in [-0.1, -0.05) is 23.7 Å². The molecular formula is C20H25ClN2O5S. The highest BCUT2D eigenvalue weighted by atomic mass is 35.5. The minimum atomic E-state index is -3.79. The van der Waals surface area contributed by atoms with E-state index in [2.05, 4.69) is 5.32 Å². The highest BCUT2D eigenvalue weighted by molar-refractivity contribution is 7.92. The lowest BCUT2D eigenvalue weighted by Gasteiger charge is -2.29. The van der Waals surface area contributed by atoms with Gasteiger partial charge in [0.1, 0.15) is 17.5 Å². The Labute approximate surface area is 176 Å². The van der Waals surface area contributed by atoms with Gasteiger partial charge in [-0.05, 0) is 49.7 Å². The number of methoxy groups -OCH3 is 1. The van der Waals surface area contributed by atoms with E-state index in [9.17, 15) is 13.2 Å². The molecule has 9 heteroatoms. The first kappa shape index (κ1) is 22.8. The Hall–Kier alpha value is -2.45. The van der Waals surface area contributed by atoms with Gasteiger partial charge in [0.25, 0.3) is 0 Å². The predicted molar refractivity (Wildman–Crippen MR) is 114 cm³/mol. The number of nitrogens with one attached hydrogen (secondary N) is 1. The van der Waals surface area contributed by atoms with Crippen molar-refractivity contribution in [2.24, 2.45) is 0 Å². The van der Waals surface area contributed by atoms with Gasteiger partial charge in [0.2, 0.25) is 15.9 Å². The highest BCUT2D eigenvalue weighted by Crippen LogP contribution is 2.34. The van der Waals surface area contributed by atoms with Crippen molar-refractivity contribution >= 4 is 33.2 Å². The van der Waals surface area contributed by atoms with E-state index in [1.807, 2.05) is 31.2 Å². The third-order valence-corrected chi connectivity index (χ3v) is 5.61. The molecule has 1 N–H and O–H groups in total. The molecule has 1 amide bonds. The number of benzene rings is 2. The number of halogens is 1. The van der Waals surface area contributed by atoms with Gasteiger partial charge < -0.3 is 14.8 Å². The second-order valence-electron chi connectivity index (χ2n) is 6.35. The first-order valence-electron chi connectivity index (χ1n) is 8.99. The monoisotopic (exact) mass is 440 g/mol. The lowest BCUT2D eigenvalue weighted by molar-refractivity contribution is -0.122. The van der Waals surface area contributed by atoms with Crippen LogP contribution in [0.4, 0.5) is 5.69 Å². The maximum atomic E-state index is 12.8. The number of nitrogens with zero attached hydrogens (tertiary/aromatic N) is 1. The molecule has 2 aromatic rings. The van der Waals surface area contributed by atoms with E-state index in [4.69, 9.17) is 21.1 Å². The molecule has 0 aromatic heterocycles. The third kappa shape index (κ3) is 6.01. The Kier molecular flexibility index (Phi) is 7.75. The van der Waals surface area contributed by atoms with Crippen LogP contribution in [0.2, 0.25) is 5.02 Å². The lowest BCUT2D eigenvalue weighted by atomic mass is 10.2. The van der Waals surface area contributed by atoms with Crippen LogP contribution in [0.1, 0.15) is 19.4 Å². The SMILES string of the molecule is CCOc1cccc(CNC(=O)[C@@H](C)N(c2cc(Cl)ccc2OC)S(C)(=O)=O)c1. The molecule has 158 valence electrons. The summed E-state index contributed by atoms with van der Waals surface area (Å²) in [4.78, 5) is 12.8. The number of rotatable bonds is 9. The zero-order chi connectivity index (χ0) is 21.6. The van der Waals surface area contributed by atoms with Crippen LogP contribution >= 0.6 is 11.6 Å². The molecule has 29 heavy (non-hydrogen) atoms. The van der Waals surface area contributed by atoms with Crippen LogP contribution in [0.15, 0.2) is 42.5 Å². The van der Waals surface area contributed by atoms with Crippen LogP contribution in [0.25, 0.3) is 0 Å². The van der Waals surface area contributed by atoms with Crippen molar-refractivity contribution in [3.05, 3.63) is 53.1 Å². The van der Waals surface area contributed by atoms with E-state index in [1.165, 1.54) is 20.1 Å². The van der Waals surface area contributed by atoms with Gasteiger partial charge in [-0.15, -0.1) is 0 Å². The van der Waals surface area contributed by atoms with Crippen LogP contribution < -0.4 is 19.1 Å². The minimum Gasteiger partial charge on any atom is -0.495 e. The number of carbonyl (C=O) groups excluding carboxylic acids is 1. The third-order valence-electron chi connectivity index (χ3n) is 4.14. The molecule has 0 spiro atoms. The zero-order valence-corrected chi connectivity index (χ0v) is 18.4. The second-order valence-corrected chi connectivity index (χ2v) is 8.65. The van der Waals surface area contributed by atoms with Crippen LogP contribution in [0.3, 0.4) is 0 Å². The van der Waals surface area contributed by atoms with Crippen molar-refractivity contribution in [1.82, 2.24) is 5.32 Å². The summed E-state index contributed by atoms with van der Waals surface area (Å²) in [6, 6.07) is 10.9. The van der Waals surface area contributed by atoms with Gasteiger partial charge in [0.15, 0.2) is 0 Å². The van der Waals surface area contributed by atoms with E-state index < -0.39 is 22.0 Å². The molecule has 0 aliphatic heterocycles. The molecule has 1 atom stereocenters. The topological polar surface area (TPSA) is 84.9 Å². The van der Waals surface area contributed by atoms with Crippen molar-refractivity contribution in [2.75, 3.05) is 24.3 Å². The normalized spacial score (nSPS) is 12.2. The van der Waals surface area contributed by atoms with Crippen LogP contribution in [-0.4, -0.2) is 40.3 Å². The average molecular weight is 441 g/mol. The van der Waals surface area contributed by atoms with Crippen molar-refractivity contribution in [3.63, 3.8) is 0 Å². The largest absolute Gasteiger partial charge is 0.495 e. The number of carbonyl (C=O) groups is 1. The molecule has 0 fully saturated rings. The first-order valence-corrected chi connectivity index (χ1v) is 11.2. The summed E-state index contributed by atoms with van der Waals surface area (Å²) in [6.07, 6.45) is 1.03. The van der Waals surface area contributed by atoms with Crippen molar-refractivity contribution in [1.29, 1.82) is 0 Å². The maximum Gasteiger partial charge on any atom is 0.243 e. The van der Waals surface area contributed by atoms with E-state index in [0.717, 1.165) is 16.1 Å². The summed E-state index contributed by atoms with van der Waals surface area (Å²) in [7, 11) is -2.37. The highest BCUT2D eigenvalue weighted by Gasteiger charge is 2.31. The summed E-state index contributed by atoms with van der Waals surface area (Å²) in [5, 5.41) is 3.10. The second kappa shape index (κ2) is 9.84. The van der Waals surface area contributed by atoms with E-state index >= 15 is 0 Å². The summed E-state index contributed by atoms with van der Waals surface area (Å²) >= 11 is 6.04. The van der Waals surface area contributed by atoms with E-state index in [1.54, 1.807) is 12.1 Å². The molecular weight excluding hydrogens is 416 g/mol. The lowest BCUT2D eigenvalue weighted by Crippen LogP contribution is -2.47. The number of anilines is 1. The van der Waals surface area contributed by atoms with Gasteiger partial charge in [0.05, 0.1) is 25.7 Å². The molecule has 0 saturated heterocycles. The Morgan fingerprint density at radius 3 is 2.59 bits per heavy atom. The molecule has 0 aliphatic rings. The Morgan fingerprint density at radius 2 is 1.97 bits per heavy atom. The molecule has 7 nitrogen and oxygen atoms in total. The number of sulfonamides is 1. The van der Waals surface area contributed by atoms with E-state index in [-0.39, 0.29) is 12.2 Å². The Morgan fingerprint density at radius 1 is 1.24 bits per heavy atom. The summed E-state index contributed by atoms with van der Waals surface area (Å²) in [5.41, 5.74) is 1.03. The van der Waals surface area contributed by atoms with Crippen LogP contribution in [-0.2, 0) is 21.4 Å². The van der Waals surface area contributed by atoms with Crippen LogP contribution in [0.5, 0.6) is 11.5 Å². The summed E-state index contributed by atoms with van der Waals surface area (Å²) in [5.74, 6) is 0.539. The van der Waals surface area contributed by atoms with Crippen molar-refractivity contribution in [3.8, 4) is 11.5 Å².